The quantitative estimate of drug-likeness (QED) is 0.679. The van der Waals surface area contributed by atoms with Gasteiger partial charge in [-0.1, -0.05) is 6.42 Å². The first-order valence-corrected chi connectivity index (χ1v) is 8.98. The number of rotatable bonds is 5. The minimum Gasteiger partial charge on any atom is -0.398 e. The van der Waals surface area contributed by atoms with Crippen molar-refractivity contribution < 1.29 is 17.9 Å². The molecule has 1 aliphatic rings. The molecule has 0 aliphatic heterocycles. The van der Waals surface area contributed by atoms with Crippen LogP contribution in [0.1, 0.15) is 19.3 Å². The Balaban J connectivity index is 2.14. The van der Waals surface area contributed by atoms with E-state index in [9.17, 15) is 17.9 Å². The zero-order valence-corrected chi connectivity index (χ0v) is 13.8. The van der Waals surface area contributed by atoms with Crippen LogP contribution in [0.15, 0.2) is 21.5 Å². The Hall–Kier alpha value is -0.700. The summed E-state index contributed by atoms with van der Waals surface area (Å²) >= 11 is 2.95. The summed E-state index contributed by atoms with van der Waals surface area (Å²) in [6.07, 6.45) is 2.78. The third-order valence-electron chi connectivity index (χ3n) is 3.93. The molecule has 0 radical (unpaired) electrons. The van der Waals surface area contributed by atoms with Gasteiger partial charge in [0.05, 0.1) is 10.2 Å². The minimum atomic E-state index is -3.80. The van der Waals surface area contributed by atoms with Gasteiger partial charge in [-0.2, -0.15) is 0 Å². The van der Waals surface area contributed by atoms with Gasteiger partial charge in [-0.3, -0.25) is 0 Å². The lowest BCUT2D eigenvalue weighted by Crippen LogP contribution is -2.32. The average Bonchev–Trinajstić information content (AvgIpc) is 2.88. The summed E-state index contributed by atoms with van der Waals surface area (Å²) in [4.78, 5) is -0.144. The molecule has 0 heterocycles. The number of aliphatic hydroxyl groups is 1. The topological polar surface area (TPSA) is 92.4 Å². The third kappa shape index (κ3) is 3.74. The van der Waals surface area contributed by atoms with Crippen molar-refractivity contribution in [1.82, 2.24) is 4.72 Å². The van der Waals surface area contributed by atoms with Crippen molar-refractivity contribution in [1.29, 1.82) is 0 Å². The van der Waals surface area contributed by atoms with Crippen LogP contribution in [0, 0.1) is 17.7 Å². The maximum Gasteiger partial charge on any atom is 0.242 e. The molecule has 0 saturated heterocycles. The van der Waals surface area contributed by atoms with E-state index in [4.69, 9.17) is 5.73 Å². The molecule has 1 fully saturated rings. The first kappa shape index (κ1) is 16.7. The molecule has 1 aromatic rings. The Labute approximate surface area is 131 Å². The molecule has 0 amide bonds. The van der Waals surface area contributed by atoms with Crippen molar-refractivity contribution in [3.05, 3.63) is 22.4 Å². The maximum atomic E-state index is 13.3. The number of nitrogens with one attached hydrogen (secondary N) is 1. The molecule has 5 nitrogen and oxygen atoms in total. The summed E-state index contributed by atoms with van der Waals surface area (Å²) < 4.78 is 40.4. The third-order valence-corrected chi connectivity index (χ3v) is 6.02. The zero-order chi connectivity index (χ0) is 15.6. The van der Waals surface area contributed by atoms with E-state index in [2.05, 4.69) is 20.7 Å². The van der Waals surface area contributed by atoms with Crippen LogP contribution in [0.2, 0.25) is 0 Å². The van der Waals surface area contributed by atoms with Crippen LogP contribution in [-0.4, -0.2) is 26.7 Å². The van der Waals surface area contributed by atoms with E-state index >= 15 is 0 Å². The molecule has 0 aromatic heterocycles. The van der Waals surface area contributed by atoms with Crippen molar-refractivity contribution >= 4 is 31.6 Å². The number of halogens is 2. The summed E-state index contributed by atoms with van der Waals surface area (Å²) in [6.45, 7) is 0.318. The minimum absolute atomic E-state index is 0.0474. The van der Waals surface area contributed by atoms with Crippen LogP contribution in [0.25, 0.3) is 0 Å². The summed E-state index contributed by atoms with van der Waals surface area (Å²) in [5, 5.41) is 9.25. The highest BCUT2D eigenvalue weighted by Gasteiger charge is 2.28. The average molecular weight is 381 g/mol. The zero-order valence-electron chi connectivity index (χ0n) is 11.4. The molecular weight excluding hydrogens is 363 g/mol. The number of sulfonamides is 1. The van der Waals surface area contributed by atoms with Crippen LogP contribution in [-0.2, 0) is 10.0 Å². The molecule has 1 aliphatic carbocycles. The number of aliphatic hydroxyl groups excluding tert-OH is 1. The molecule has 2 rings (SSSR count). The molecule has 1 aromatic carbocycles. The van der Waals surface area contributed by atoms with Gasteiger partial charge in [-0.05, 0) is 52.7 Å². The van der Waals surface area contributed by atoms with E-state index in [1.54, 1.807) is 0 Å². The van der Waals surface area contributed by atoms with E-state index in [1.807, 2.05) is 0 Å². The van der Waals surface area contributed by atoms with Crippen LogP contribution in [0.3, 0.4) is 0 Å². The van der Waals surface area contributed by atoms with E-state index in [1.165, 1.54) is 0 Å². The Morgan fingerprint density at radius 2 is 2.05 bits per heavy atom. The van der Waals surface area contributed by atoms with Crippen molar-refractivity contribution in [3.8, 4) is 0 Å². The first-order chi connectivity index (χ1) is 9.85. The molecular formula is C13H18BrFN2O3S. The van der Waals surface area contributed by atoms with Gasteiger partial charge in [0.25, 0.3) is 0 Å². The van der Waals surface area contributed by atoms with Crippen LogP contribution in [0.5, 0.6) is 0 Å². The van der Waals surface area contributed by atoms with Gasteiger partial charge in [0, 0.05) is 13.2 Å². The van der Waals surface area contributed by atoms with Gasteiger partial charge in [-0.15, -0.1) is 0 Å². The lowest BCUT2D eigenvalue weighted by atomic mass is 9.97. The van der Waals surface area contributed by atoms with Gasteiger partial charge in [0.15, 0.2) is 0 Å². The molecule has 2 unspecified atom stereocenters. The van der Waals surface area contributed by atoms with Gasteiger partial charge in [0.1, 0.15) is 10.7 Å². The number of benzene rings is 1. The number of hydrogen-bond donors (Lipinski definition) is 3. The fourth-order valence-corrected chi connectivity index (χ4v) is 4.42. The number of hydrogen-bond acceptors (Lipinski definition) is 4. The van der Waals surface area contributed by atoms with Crippen molar-refractivity contribution in [3.63, 3.8) is 0 Å². The predicted octanol–water partition coefficient (Wildman–Crippen LogP) is 1.86. The first-order valence-electron chi connectivity index (χ1n) is 6.70. The van der Waals surface area contributed by atoms with E-state index in [0.29, 0.717) is 0 Å². The SMILES string of the molecule is Nc1cc(F)c(Br)cc1S(=O)(=O)NCC1CCCC1CO. The van der Waals surface area contributed by atoms with Gasteiger partial charge in [-0.25, -0.2) is 17.5 Å². The standard InChI is InChI=1S/C13H18BrFN2O3S/c14-10-4-13(12(16)5-11(10)15)21(19,20)17-6-8-2-1-3-9(8)7-18/h4-5,8-9,17-18H,1-3,6-7,16H2. The molecule has 2 atom stereocenters. The van der Waals surface area contributed by atoms with Crippen LogP contribution >= 0.6 is 15.9 Å². The van der Waals surface area contributed by atoms with Crippen molar-refractivity contribution in [2.45, 2.75) is 24.2 Å². The van der Waals surface area contributed by atoms with E-state index in [0.717, 1.165) is 31.4 Å². The molecule has 4 N–H and O–H groups in total. The Morgan fingerprint density at radius 3 is 2.71 bits per heavy atom. The second-order valence-corrected chi connectivity index (χ2v) is 7.88. The van der Waals surface area contributed by atoms with Gasteiger partial charge >= 0.3 is 0 Å². The number of anilines is 1. The highest BCUT2D eigenvalue weighted by molar-refractivity contribution is 9.10. The smallest absolute Gasteiger partial charge is 0.242 e. The summed E-state index contributed by atoms with van der Waals surface area (Å²) in [5.41, 5.74) is 5.46. The number of nitrogens with two attached hydrogens (primary N) is 1. The monoisotopic (exact) mass is 380 g/mol. The molecule has 1 saturated carbocycles. The summed E-state index contributed by atoms with van der Waals surface area (Å²) in [5.74, 6) is -0.359. The normalized spacial score (nSPS) is 22.6. The maximum absolute atomic E-state index is 13.3. The fourth-order valence-electron chi connectivity index (χ4n) is 2.69. The van der Waals surface area contributed by atoms with Crippen LogP contribution < -0.4 is 10.5 Å². The highest BCUT2D eigenvalue weighted by Crippen LogP contribution is 2.31. The molecule has 21 heavy (non-hydrogen) atoms. The van der Waals surface area contributed by atoms with Crippen LogP contribution in [0.4, 0.5) is 10.1 Å². The van der Waals surface area contributed by atoms with Gasteiger partial charge in [0.2, 0.25) is 10.0 Å². The molecule has 0 bridgehead atoms. The van der Waals surface area contributed by atoms with Gasteiger partial charge < -0.3 is 10.8 Å². The van der Waals surface area contributed by atoms with Crippen molar-refractivity contribution in [2.75, 3.05) is 18.9 Å². The Morgan fingerprint density at radius 1 is 1.38 bits per heavy atom. The molecule has 0 spiro atoms. The Kier molecular flexibility index (Phi) is 5.24. The van der Waals surface area contributed by atoms with E-state index in [-0.39, 0.29) is 40.0 Å². The highest BCUT2D eigenvalue weighted by atomic mass is 79.9. The second-order valence-electron chi connectivity index (χ2n) is 5.29. The fraction of sp³-hybridized carbons (Fsp3) is 0.538. The lowest BCUT2D eigenvalue weighted by Gasteiger charge is -2.18. The summed E-state index contributed by atoms with van der Waals surface area (Å²) in [7, 11) is -3.80. The largest absolute Gasteiger partial charge is 0.398 e. The van der Waals surface area contributed by atoms with E-state index < -0.39 is 15.8 Å². The summed E-state index contributed by atoms with van der Waals surface area (Å²) in [6, 6.07) is 2.13. The Bertz CT molecular complexity index is 624. The molecule has 8 heteroatoms. The predicted molar refractivity (Wildman–Crippen MR) is 81.6 cm³/mol. The number of nitrogen functional groups attached to an aromatic ring is 1. The lowest BCUT2D eigenvalue weighted by molar-refractivity contribution is 0.195. The van der Waals surface area contributed by atoms with Crippen molar-refractivity contribution in [2.24, 2.45) is 11.8 Å². The second kappa shape index (κ2) is 6.60. The molecule has 118 valence electrons.